The highest BCUT2D eigenvalue weighted by Crippen LogP contribution is 2.38. The van der Waals surface area contributed by atoms with Gasteiger partial charge in [0, 0.05) is 17.3 Å². The number of aromatic nitrogens is 1. The van der Waals surface area contributed by atoms with Gasteiger partial charge in [0.2, 0.25) is 8.32 Å². The van der Waals surface area contributed by atoms with Gasteiger partial charge < -0.3 is 4.43 Å². The average molecular weight is 340 g/mol. The van der Waals surface area contributed by atoms with Crippen molar-refractivity contribution in [1.82, 2.24) is 4.98 Å². The lowest BCUT2D eigenvalue weighted by Gasteiger charge is -2.36. The molecule has 3 rings (SSSR count). The summed E-state index contributed by atoms with van der Waals surface area (Å²) in [5.74, 6) is 0.868. The van der Waals surface area contributed by atoms with E-state index in [1.54, 1.807) is 6.20 Å². The molecule has 0 saturated heterocycles. The Balaban J connectivity index is 1.99. The molecule has 1 aliphatic carbocycles. The third-order valence-corrected chi connectivity index (χ3v) is 9.63. The summed E-state index contributed by atoms with van der Waals surface area (Å²) in [6.07, 6.45) is 3.40. The summed E-state index contributed by atoms with van der Waals surface area (Å²) in [5, 5.41) is 0.125. The van der Waals surface area contributed by atoms with Gasteiger partial charge in [-0.05, 0) is 60.8 Å². The van der Waals surface area contributed by atoms with Crippen LogP contribution < -0.4 is 4.43 Å². The maximum atomic E-state index is 13.0. The van der Waals surface area contributed by atoms with Gasteiger partial charge in [-0.2, -0.15) is 0 Å². The van der Waals surface area contributed by atoms with Crippen LogP contribution in [0.4, 0.5) is 0 Å². The Labute approximate surface area is 145 Å². The van der Waals surface area contributed by atoms with Crippen LogP contribution >= 0.6 is 0 Å². The third-order valence-electron chi connectivity index (χ3n) is 5.27. The molecule has 1 aromatic heterocycles. The Morgan fingerprint density at radius 2 is 1.83 bits per heavy atom. The molecule has 0 amide bonds. The number of nitrogens with zero attached hydrogens (tertiary/aromatic N) is 1. The minimum atomic E-state index is -1.92. The number of hydrogen-bond donors (Lipinski definition) is 0. The first-order valence-electron chi connectivity index (χ1n) is 8.49. The molecule has 0 spiro atoms. The molecule has 0 aliphatic heterocycles. The van der Waals surface area contributed by atoms with E-state index in [4.69, 9.17) is 4.43 Å². The van der Waals surface area contributed by atoms with Crippen molar-refractivity contribution >= 4 is 14.1 Å². The van der Waals surface area contributed by atoms with E-state index in [2.05, 4.69) is 38.8 Å². The van der Waals surface area contributed by atoms with E-state index in [0.717, 1.165) is 41.0 Å². The summed E-state index contributed by atoms with van der Waals surface area (Å²) in [5.41, 5.74) is 3.46. The van der Waals surface area contributed by atoms with Crippen LogP contribution in [-0.4, -0.2) is 19.1 Å². The predicted molar refractivity (Wildman–Crippen MR) is 99.3 cm³/mol. The van der Waals surface area contributed by atoms with Crippen molar-refractivity contribution in [1.29, 1.82) is 0 Å². The molecular weight excluding hydrogens is 314 g/mol. The number of hydrogen-bond acceptors (Lipinski definition) is 3. The Hall–Kier alpha value is -1.94. The van der Waals surface area contributed by atoms with E-state index in [1.807, 2.05) is 30.3 Å². The molecule has 0 fully saturated rings. The Bertz CT molecular complexity index is 790. The highest BCUT2D eigenvalue weighted by Gasteiger charge is 2.39. The monoisotopic (exact) mass is 339 g/mol. The van der Waals surface area contributed by atoms with Crippen molar-refractivity contribution < 1.29 is 9.22 Å². The van der Waals surface area contributed by atoms with Crippen molar-refractivity contribution in [2.24, 2.45) is 0 Å². The summed E-state index contributed by atoms with van der Waals surface area (Å²) in [7, 11) is -1.92. The molecule has 24 heavy (non-hydrogen) atoms. The number of fused-ring (bicyclic) bond motifs is 2. The number of carbonyl (C=O) groups excluding carboxylic acids is 1. The zero-order valence-electron chi connectivity index (χ0n) is 15.1. The van der Waals surface area contributed by atoms with Crippen molar-refractivity contribution in [2.45, 2.75) is 51.7 Å². The number of benzene rings is 1. The quantitative estimate of drug-likeness (QED) is 0.738. The molecule has 1 heterocycles. The van der Waals surface area contributed by atoms with E-state index in [-0.39, 0.29) is 10.8 Å². The van der Waals surface area contributed by atoms with E-state index in [0.29, 0.717) is 0 Å². The number of aryl methyl sites for hydroxylation is 2. The van der Waals surface area contributed by atoms with Crippen molar-refractivity contribution in [3.63, 3.8) is 0 Å². The molecule has 1 aliphatic rings. The second-order valence-corrected chi connectivity index (χ2v) is 12.7. The summed E-state index contributed by atoms with van der Waals surface area (Å²) >= 11 is 0. The van der Waals surface area contributed by atoms with Crippen molar-refractivity contribution in [3.8, 4) is 5.75 Å². The van der Waals surface area contributed by atoms with Gasteiger partial charge in [0.25, 0.3) is 0 Å². The number of carbonyl (C=O) groups is 1. The van der Waals surface area contributed by atoms with E-state index < -0.39 is 8.32 Å². The SMILES string of the molecule is CC(C)(C)[Si](C)(C)Oc1ccc2c(c1)C(=O)c1cccnc1CC2. The molecule has 0 unspecified atom stereocenters. The fourth-order valence-electron chi connectivity index (χ4n) is 2.74. The molecular formula is C20H25NO2Si. The van der Waals surface area contributed by atoms with Gasteiger partial charge in [-0.25, -0.2) is 0 Å². The molecule has 2 aromatic rings. The highest BCUT2D eigenvalue weighted by atomic mass is 28.4. The number of ketones is 1. The first-order valence-corrected chi connectivity index (χ1v) is 11.4. The second-order valence-electron chi connectivity index (χ2n) is 8.01. The first-order chi connectivity index (χ1) is 11.2. The third kappa shape index (κ3) is 3.03. The summed E-state index contributed by atoms with van der Waals surface area (Å²) < 4.78 is 6.38. The van der Waals surface area contributed by atoms with Crippen LogP contribution in [0.15, 0.2) is 36.5 Å². The van der Waals surface area contributed by atoms with Crippen LogP contribution in [0, 0.1) is 0 Å². The minimum Gasteiger partial charge on any atom is -0.543 e. The second kappa shape index (κ2) is 5.85. The van der Waals surface area contributed by atoms with Gasteiger partial charge in [0.1, 0.15) is 5.75 Å². The maximum Gasteiger partial charge on any atom is 0.250 e. The van der Waals surface area contributed by atoms with Crippen molar-refractivity contribution in [3.05, 3.63) is 58.9 Å². The summed E-state index contributed by atoms with van der Waals surface area (Å²) in [4.78, 5) is 17.3. The van der Waals surface area contributed by atoms with Crippen LogP contribution in [0.1, 0.15) is 48.0 Å². The molecule has 1 aromatic carbocycles. The molecule has 0 radical (unpaired) electrons. The average Bonchev–Trinajstić information content (AvgIpc) is 2.64. The zero-order valence-corrected chi connectivity index (χ0v) is 16.1. The summed E-state index contributed by atoms with van der Waals surface area (Å²) in [6, 6.07) is 9.69. The maximum absolute atomic E-state index is 13.0. The Kier molecular flexibility index (Phi) is 4.12. The normalized spacial score (nSPS) is 14.6. The van der Waals surface area contributed by atoms with E-state index >= 15 is 0 Å². The van der Waals surface area contributed by atoms with Gasteiger partial charge in [0.15, 0.2) is 5.78 Å². The van der Waals surface area contributed by atoms with Gasteiger partial charge in [-0.15, -0.1) is 0 Å². The molecule has 4 heteroatoms. The standard InChI is InChI=1S/C20H25NO2Si/c1-20(2,3)24(4,5)23-15-10-8-14-9-11-18-16(7-6-12-21-18)19(22)17(14)13-15/h6-8,10,12-13H,9,11H2,1-5H3. The van der Waals surface area contributed by atoms with Gasteiger partial charge in [-0.3, -0.25) is 9.78 Å². The molecule has 3 nitrogen and oxygen atoms in total. The topological polar surface area (TPSA) is 39.2 Å². The van der Waals surface area contributed by atoms with E-state index in [9.17, 15) is 4.79 Å². The van der Waals surface area contributed by atoms with Gasteiger partial charge in [0.05, 0.1) is 5.69 Å². The van der Waals surface area contributed by atoms with Crippen LogP contribution in [0.25, 0.3) is 0 Å². The highest BCUT2D eigenvalue weighted by molar-refractivity contribution is 6.74. The smallest absolute Gasteiger partial charge is 0.250 e. The van der Waals surface area contributed by atoms with Gasteiger partial charge >= 0.3 is 0 Å². The minimum absolute atomic E-state index is 0.0614. The Morgan fingerprint density at radius 3 is 2.54 bits per heavy atom. The Morgan fingerprint density at radius 1 is 1.08 bits per heavy atom. The van der Waals surface area contributed by atoms with Crippen LogP contribution in [0.5, 0.6) is 5.75 Å². The molecule has 126 valence electrons. The lowest BCUT2D eigenvalue weighted by molar-refractivity contribution is 0.103. The number of pyridine rings is 1. The fraction of sp³-hybridized carbons (Fsp3) is 0.400. The lowest BCUT2D eigenvalue weighted by atomic mass is 10.00. The van der Waals surface area contributed by atoms with Crippen LogP contribution in [-0.2, 0) is 12.8 Å². The van der Waals surface area contributed by atoms with Crippen LogP contribution in [0.3, 0.4) is 0 Å². The molecule has 0 N–H and O–H groups in total. The lowest BCUT2D eigenvalue weighted by Crippen LogP contribution is -2.43. The summed E-state index contributed by atoms with van der Waals surface area (Å²) in [6.45, 7) is 11.1. The van der Waals surface area contributed by atoms with Gasteiger partial charge in [-0.1, -0.05) is 26.8 Å². The molecule has 0 bridgehead atoms. The van der Waals surface area contributed by atoms with E-state index in [1.165, 1.54) is 0 Å². The molecule has 0 atom stereocenters. The fourth-order valence-corrected chi connectivity index (χ4v) is 3.76. The first kappa shape index (κ1) is 16.9. The largest absolute Gasteiger partial charge is 0.543 e. The van der Waals surface area contributed by atoms with Crippen LogP contribution in [0.2, 0.25) is 18.1 Å². The zero-order chi connectivity index (χ0) is 17.5. The van der Waals surface area contributed by atoms with Crippen molar-refractivity contribution in [2.75, 3.05) is 0 Å². The predicted octanol–water partition coefficient (Wildman–Crippen LogP) is 4.80. The number of rotatable bonds is 2. The molecule has 0 saturated carbocycles.